The Morgan fingerprint density at radius 1 is 0.889 bits per heavy atom. The molecule has 0 aliphatic rings. The van der Waals surface area contributed by atoms with Crippen molar-refractivity contribution in [1.29, 1.82) is 0 Å². The highest BCUT2D eigenvalue weighted by molar-refractivity contribution is 6.09. The number of fused-ring (bicyclic) bond motifs is 2. The molecule has 4 N–H and O–H groups in total. The van der Waals surface area contributed by atoms with E-state index in [-0.39, 0.29) is 0 Å². The van der Waals surface area contributed by atoms with Crippen LogP contribution in [0.15, 0.2) is 42.5 Å². The van der Waals surface area contributed by atoms with Crippen molar-refractivity contribution < 1.29 is 4.74 Å². The van der Waals surface area contributed by atoms with Crippen LogP contribution in [-0.4, -0.2) is 7.11 Å². The molecule has 0 aliphatic heterocycles. The number of anilines is 2. The van der Waals surface area contributed by atoms with Crippen molar-refractivity contribution in [2.75, 3.05) is 18.6 Å². The van der Waals surface area contributed by atoms with E-state index in [1.807, 2.05) is 12.1 Å². The molecule has 0 aliphatic carbocycles. The van der Waals surface area contributed by atoms with Crippen molar-refractivity contribution in [3.8, 4) is 5.75 Å². The average Bonchev–Trinajstić information content (AvgIpc) is 2.41. The van der Waals surface area contributed by atoms with Crippen molar-refractivity contribution in [3.63, 3.8) is 0 Å². The summed E-state index contributed by atoms with van der Waals surface area (Å²) >= 11 is 0. The Hall–Kier alpha value is -2.42. The predicted octanol–water partition coefficient (Wildman–Crippen LogP) is 3.17. The molecule has 0 saturated carbocycles. The van der Waals surface area contributed by atoms with Crippen molar-refractivity contribution in [2.24, 2.45) is 0 Å². The zero-order valence-corrected chi connectivity index (χ0v) is 10.1. The van der Waals surface area contributed by atoms with Gasteiger partial charge in [-0.15, -0.1) is 0 Å². The first-order valence-corrected chi connectivity index (χ1v) is 5.75. The van der Waals surface area contributed by atoms with Crippen molar-refractivity contribution in [2.45, 2.75) is 0 Å². The highest BCUT2D eigenvalue weighted by atomic mass is 16.5. The molecule has 0 heterocycles. The largest absolute Gasteiger partial charge is 0.494 e. The maximum atomic E-state index is 6.11. The van der Waals surface area contributed by atoms with Gasteiger partial charge in [0.05, 0.1) is 12.8 Å². The molecule has 3 heteroatoms. The summed E-state index contributed by atoms with van der Waals surface area (Å²) in [5.41, 5.74) is 13.5. The Kier molecular flexibility index (Phi) is 2.27. The summed E-state index contributed by atoms with van der Waals surface area (Å²) < 4.78 is 5.24. The number of nitrogens with two attached hydrogens (primary N) is 2. The van der Waals surface area contributed by atoms with Crippen LogP contribution in [-0.2, 0) is 0 Å². The van der Waals surface area contributed by atoms with Gasteiger partial charge in [0.15, 0.2) is 0 Å². The second-order valence-electron chi connectivity index (χ2n) is 4.33. The third kappa shape index (κ3) is 1.44. The van der Waals surface area contributed by atoms with Crippen LogP contribution in [0, 0.1) is 0 Å². The molecular formula is C15H14N2O. The first-order chi connectivity index (χ1) is 8.70. The van der Waals surface area contributed by atoms with E-state index in [9.17, 15) is 0 Å². The molecule has 0 bridgehead atoms. The van der Waals surface area contributed by atoms with Gasteiger partial charge in [-0.1, -0.05) is 24.3 Å². The molecule has 18 heavy (non-hydrogen) atoms. The van der Waals surface area contributed by atoms with Gasteiger partial charge in [0.1, 0.15) is 5.75 Å². The van der Waals surface area contributed by atoms with E-state index in [1.54, 1.807) is 13.2 Å². The van der Waals surface area contributed by atoms with Gasteiger partial charge < -0.3 is 16.2 Å². The minimum Gasteiger partial charge on any atom is -0.494 e. The molecule has 0 radical (unpaired) electrons. The zero-order chi connectivity index (χ0) is 12.7. The molecule has 3 nitrogen and oxygen atoms in total. The minimum atomic E-state index is 0.621. The molecular weight excluding hydrogens is 224 g/mol. The Balaban J connectivity index is 2.49. The first kappa shape index (κ1) is 10.7. The second kappa shape index (κ2) is 3.81. The molecule has 3 aromatic carbocycles. The Morgan fingerprint density at radius 3 is 2.11 bits per heavy atom. The van der Waals surface area contributed by atoms with Crippen LogP contribution >= 0.6 is 0 Å². The van der Waals surface area contributed by atoms with Gasteiger partial charge in [-0.2, -0.15) is 0 Å². The molecule has 3 aromatic rings. The van der Waals surface area contributed by atoms with Gasteiger partial charge in [0.2, 0.25) is 0 Å². The van der Waals surface area contributed by atoms with Crippen LogP contribution in [0.2, 0.25) is 0 Å². The van der Waals surface area contributed by atoms with Crippen LogP contribution in [0.3, 0.4) is 0 Å². The van der Waals surface area contributed by atoms with E-state index in [0.717, 1.165) is 21.5 Å². The highest BCUT2D eigenvalue weighted by Gasteiger charge is 2.09. The fourth-order valence-electron chi connectivity index (χ4n) is 2.30. The van der Waals surface area contributed by atoms with Crippen LogP contribution in [0.1, 0.15) is 0 Å². The topological polar surface area (TPSA) is 61.3 Å². The van der Waals surface area contributed by atoms with Gasteiger partial charge in [0, 0.05) is 22.5 Å². The molecule has 0 aromatic heterocycles. The normalized spacial score (nSPS) is 10.9. The monoisotopic (exact) mass is 238 g/mol. The second-order valence-corrected chi connectivity index (χ2v) is 4.33. The van der Waals surface area contributed by atoms with Crippen LogP contribution in [0.5, 0.6) is 5.75 Å². The number of hydrogen-bond acceptors (Lipinski definition) is 3. The summed E-state index contributed by atoms with van der Waals surface area (Å²) in [6.07, 6.45) is 0. The van der Waals surface area contributed by atoms with E-state index in [4.69, 9.17) is 16.2 Å². The lowest BCUT2D eigenvalue weighted by molar-refractivity contribution is 0.417. The third-order valence-corrected chi connectivity index (χ3v) is 3.26. The summed E-state index contributed by atoms with van der Waals surface area (Å²) in [6.45, 7) is 0. The summed E-state index contributed by atoms with van der Waals surface area (Å²) in [6, 6.07) is 14.0. The van der Waals surface area contributed by atoms with E-state index in [1.165, 1.54) is 0 Å². The van der Waals surface area contributed by atoms with Gasteiger partial charge in [-0.3, -0.25) is 0 Å². The number of ether oxygens (including phenoxy) is 1. The zero-order valence-electron chi connectivity index (χ0n) is 10.1. The van der Waals surface area contributed by atoms with Gasteiger partial charge in [0.25, 0.3) is 0 Å². The average molecular weight is 238 g/mol. The van der Waals surface area contributed by atoms with Crippen LogP contribution in [0.25, 0.3) is 21.5 Å². The Bertz CT molecular complexity index is 750. The minimum absolute atomic E-state index is 0.621. The molecule has 0 fully saturated rings. The first-order valence-electron chi connectivity index (χ1n) is 5.75. The highest BCUT2D eigenvalue weighted by Crippen LogP contribution is 2.37. The van der Waals surface area contributed by atoms with E-state index >= 15 is 0 Å². The van der Waals surface area contributed by atoms with Crippen molar-refractivity contribution in [1.82, 2.24) is 0 Å². The van der Waals surface area contributed by atoms with Crippen molar-refractivity contribution in [3.05, 3.63) is 42.5 Å². The number of hydrogen-bond donors (Lipinski definition) is 2. The maximum absolute atomic E-state index is 6.11. The Labute approximate surface area is 105 Å². The van der Waals surface area contributed by atoms with Crippen LogP contribution < -0.4 is 16.2 Å². The van der Waals surface area contributed by atoms with Crippen molar-refractivity contribution >= 4 is 32.9 Å². The van der Waals surface area contributed by atoms with Gasteiger partial charge >= 0.3 is 0 Å². The Morgan fingerprint density at radius 2 is 1.50 bits per heavy atom. The molecule has 0 amide bonds. The predicted molar refractivity (Wildman–Crippen MR) is 76.8 cm³/mol. The summed E-state index contributed by atoms with van der Waals surface area (Å²) in [4.78, 5) is 0. The number of nitrogen functional groups attached to an aromatic ring is 2. The number of benzene rings is 3. The van der Waals surface area contributed by atoms with Gasteiger partial charge in [-0.05, 0) is 22.9 Å². The number of rotatable bonds is 1. The van der Waals surface area contributed by atoms with E-state index in [2.05, 4.69) is 24.3 Å². The summed E-state index contributed by atoms with van der Waals surface area (Å²) in [5, 5.41) is 4.20. The lowest BCUT2D eigenvalue weighted by Gasteiger charge is -2.11. The summed E-state index contributed by atoms with van der Waals surface area (Å²) in [5.74, 6) is 0.621. The summed E-state index contributed by atoms with van der Waals surface area (Å²) in [7, 11) is 1.60. The molecule has 0 unspecified atom stereocenters. The van der Waals surface area contributed by atoms with Crippen LogP contribution in [0.4, 0.5) is 11.4 Å². The lowest BCUT2D eigenvalue weighted by atomic mass is 10.0. The maximum Gasteiger partial charge on any atom is 0.144 e. The SMILES string of the molecule is COc1cc(N)c2cc3ccccc3cc2c1N. The molecule has 3 rings (SSSR count). The standard InChI is InChI=1S/C15H14N2O/c1-18-14-8-13(16)11-6-9-4-2-3-5-10(9)7-12(11)15(14)17/h2-8H,16-17H2,1H3. The quantitative estimate of drug-likeness (QED) is 0.505. The molecule has 0 atom stereocenters. The van der Waals surface area contributed by atoms with E-state index in [0.29, 0.717) is 17.1 Å². The fourth-order valence-corrected chi connectivity index (χ4v) is 2.30. The lowest BCUT2D eigenvalue weighted by Crippen LogP contribution is -1.97. The molecule has 0 spiro atoms. The van der Waals surface area contributed by atoms with Gasteiger partial charge in [-0.25, -0.2) is 0 Å². The third-order valence-electron chi connectivity index (χ3n) is 3.26. The smallest absolute Gasteiger partial charge is 0.144 e. The molecule has 0 saturated heterocycles. The number of methoxy groups -OCH3 is 1. The fraction of sp³-hybridized carbons (Fsp3) is 0.0667. The molecule has 90 valence electrons. The van der Waals surface area contributed by atoms with E-state index < -0.39 is 0 Å².